The van der Waals surface area contributed by atoms with Crippen molar-refractivity contribution in [2.75, 3.05) is 5.32 Å². The minimum absolute atomic E-state index is 0.103. The van der Waals surface area contributed by atoms with E-state index in [0.29, 0.717) is 46.6 Å². The SMILES string of the molecule is Cc1c(C(=O)Nc2cccc3cccnc23)oc2c1/C(=N/NC(=O)c1ccc([N+](=O)[O-])cc1)CCC2. The van der Waals surface area contributed by atoms with Crippen LogP contribution in [0.1, 0.15) is 50.6 Å². The van der Waals surface area contributed by atoms with Crippen molar-refractivity contribution in [3.05, 3.63) is 99.1 Å². The number of carbonyl (C=O) groups excluding carboxylic acids is 2. The Balaban J connectivity index is 1.38. The fourth-order valence-electron chi connectivity index (χ4n) is 4.30. The third-order valence-electron chi connectivity index (χ3n) is 6.05. The Hall–Kier alpha value is -4.86. The molecule has 2 amide bonds. The highest BCUT2D eigenvalue weighted by Crippen LogP contribution is 2.31. The summed E-state index contributed by atoms with van der Waals surface area (Å²) < 4.78 is 5.95. The molecule has 0 bridgehead atoms. The number of nitrogens with one attached hydrogen (secondary N) is 2. The maximum Gasteiger partial charge on any atom is 0.291 e. The predicted octanol–water partition coefficient (Wildman–Crippen LogP) is 4.77. The van der Waals surface area contributed by atoms with Crippen molar-refractivity contribution in [3.63, 3.8) is 0 Å². The number of fused-ring (bicyclic) bond motifs is 2. The second kappa shape index (κ2) is 9.41. The number of rotatable bonds is 5. The molecule has 0 saturated carbocycles. The zero-order chi connectivity index (χ0) is 25.2. The van der Waals surface area contributed by atoms with Gasteiger partial charge in [-0.3, -0.25) is 24.7 Å². The molecule has 2 N–H and O–H groups in total. The Morgan fingerprint density at radius 3 is 2.61 bits per heavy atom. The van der Waals surface area contributed by atoms with Gasteiger partial charge in [0.05, 0.1) is 21.8 Å². The first kappa shape index (κ1) is 22.9. The maximum absolute atomic E-state index is 13.1. The normalized spacial score (nSPS) is 13.9. The number of hydrogen-bond donors (Lipinski definition) is 2. The first-order valence-electron chi connectivity index (χ1n) is 11.3. The molecule has 10 nitrogen and oxygen atoms in total. The van der Waals surface area contributed by atoms with Crippen LogP contribution in [0.3, 0.4) is 0 Å². The van der Waals surface area contributed by atoms with Gasteiger partial charge in [0.2, 0.25) is 0 Å². The number of non-ortho nitro benzene ring substituents is 1. The summed E-state index contributed by atoms with van der Waals surface area (Å²) in [5.41, 5.74) is 5.87. The number of nitro groups is 1. The summed E-state index contributed by atoms with van der Waals surface area (Å²) >= 11 is 0. The zero-order valence-corrected chi connectivity index (χ0v) is 19.3. The van der Waals surface area contributed by atoms with Crippen LogP contribution in [0.25, 0.3) is 10.9 Å². The van der Waals surface area contributed by atoms with Gasteiger partial charge in [0.25, 0.3) is 17.5 Å². The van der Waals surface area contributed by atoms with Crippen LogP contribution in [0.2, 0.25) is 0 Å². The molecule has 5 rings (SSSR count). The van der Waals surface area contributed by atoms with Crippen molar-refractivity contribution in [1.29, 1.82) is 0 Å². The standard InChI is InChI=1S/C26H21N5O5/c1-15-22-19(29-30-25(32)17-10-12-18(13-11-17)31(34)35)7-3-9-21(22)36-24(15)26(33)28-20-8-2-5-16-6-4-14-27-23(16)20/h2,4-6,8,10-14H,3,7,9H2,1H3,(H,28,33)(H,30,32)/b29-19+. The number of hydrazone groups is 1. The monoisotopic (exact) mass is 483 g/mol. The van der Waals surface area contributed by atoms with Crippen molar-refractivity contribution in [2.24, 2.45) is 5.10 Å². The number of pyridine rings is 1. The first-order chi connectivity index (χ1) is 17.4. The molecule has 2 heterocycles. The summed E-state index contributed by atoms with van der Waals surface area (Å²) in [7, 11) is 0. The summed E-state index contributed by atoms with van der Waals surface area (Å²) in [4.78, 5) is 40.3. The molecule has 2 aromatic heterocycles. The molecule has 4 aromatic rings. The number of anilines is 1. The number of para-hydroxylation sites is 1. The Kier molecular flexibility index (Phi) is 5.99. The smallest absolute Gasteiger partial charge is 0.291 e. The van der Waals surface area contributed by atoms with Crippen LogP contribution in [-0.2, 0) is 6.42 Å². The first-order valence-corrected chi connectivity index (χ1v) is 11.3. The number of nitrogens with zero attached hydrogens (tertiary/aromatic N) is 3. The van der Waals surface area contributed by atoms with Gasteiger partial charge in [0, 0.05) is 46.8 Å². The summed E-state index contributed by atoms with van der Waals surface area (Å²) in [6, 6.07) is 14.6. The van der Waals surface area contributed by atoms with E-state index in [1.54, 1.807) is 19.2 Å². The Labute approximate surface area is 205 Å². The largest absolute Gasteiger partial charge is 0.455 e. The average Bonchev–Trinajstić information content (AvgIpc) is 3.24. The molecule has 1 aliphatic carbocycles. The van der Waals surface area contributed by atoms with Gasteiger partial charge < -0.3 is 9.73 Å². The van der Waals surface area contributed by atoms with Crippen LogP contribution < -0.4 is 10.7 Å². The minimum Gasteiger partial charge on any atom is -0.455 e. The Morgan fingerprint density at radius 2 is 1.83 bits per heavy atom. The van der Waals surface area contributed by atoms with E-state index in [4.69, 9.17) is 4.42 Å². The number of nitro benzene ring substituents is 1. The molecule has 0 aliphatic heterocycles. The lowest BCUT2D eigenvalue weighted by atomic mass is 9.93. The number of furan rings is 1. The molecule has 2 aromatic carbocycles. The van der Waals surface area contributed by atoms with E-state index in [9.17, 15) is 19.7 Å². The maximum atomic E-state index is 13.1. The summed E-state index contributed by atoms with van der Waals surface area (Å²) in [5.74, 6) is -0.0612. The van der Waals surface area contributed by atoms with Gasteiger partial charge in [-0.1, -0.05) is 18.2 Å². The van der Waals surface area contributed by atoms with E-state index < -0.39 is 16.7 Å². The molecule has 36 heavy (non-hydrogen) atoms. The fraction of sp³-hybridized carbons (Fsp3) is 0.154. The molecular weight excluding hydrogens is 462 g/mol. The second-order valence-corrected chi connectivity index (χ2v) is 8.35. The third-order valence-corrected chi connectivity index (χ3v) is 6.05. The van der Waals surface area contributed by atoms with E-state index >= 15 is 0 Å². The number of benzene rings is 2. The molecule has 10 heteroatoms. The van der Waals surface area contributed by atoms with E-state index in [1.807, 2.05) is 24.3 Å². The van der Waals surface area contributed by atoms with E-state index in [2.05, 4.69) is 20.8 Å². The van der Waals surface area contributed by atoms with Crippen LogP contribution in [0, 0.1) is 17.0 Å². The molecule has 0 radical (unpaired) electrons. The van der Waals surface area contributed by atoms with E-state index in [1.165, 1.54) is 24.3 Å². The van der Waals surface area contributed by atoms with Crippen molar-refractivity contribution < 1.29 is 18.9 Å². The van der Waals surface area contributed by atoms with E-state index in [-0.39, 0.29) is 17.0 Å². The lowest BCUT2D eigenvalue weighted by Gasteiger charge is -2.13. The van der Waals surface area contributed by atoms with Crippen molar-refractivity contribution in [2.45, 2.75) is 26.2 Å². The van der Waals surface area contributed by atoms with Crippen LogP contribution in [-0.4, -0.2) is 27.4 Å². The quantitative estimate of drug-likeness (QED) is 0.310. The highest BCUT2D eigenvalue weighted by Gasteiger charge is 2.28. The Morgan fingerprint density at radius 1 is 1.06 bits per heavy atom. The third kappa shape index (κ3) is 4.31. The van der Waals surface area contributed by atoms with Crippen LogP contribution in [0.15, 0.2) is 70.3 Å². The lowest BCUT2D eigenvalue weighted by Crippen LogP contribution is -2.22. The minimum atomic E-state index is -0.530. The van der Waals surface area contributed by atoms with Crippen LogP contribution >= 0.6 is 0 Å². The fourth-order valence-corrected chi connectivity index (χ4v) is 4.30. The molecule has 0 fully saturated rings. The molecule has 1 aliphatic rings. The molecule has 0 spiro atoms. The van der Waals surface area contributed by atoms with Gasteiger partial charge >= 0.3 is 0 Å². The van der Waals surface area contributed by atoms with Crippen molar-refractivity contribution >= 4 is 39.8 Å². The van der Waals surface area contributed by atoms with Gasteiger partial charge in [-0.25, -0.2) is 5.43 Å². The number of aromatic nitrogens is 1. The summed E-state index contributed by atoms with van der Waals surface area (Å²) in [6.45, 7) is 1.79. The van der Waals surface area contributed by atoms with Gasteiger partial charge in [-0.15, -0.1) is 0 Å². The number of amides is 2. The van der Waals surface area contributed by atoms with Gasteiger partial charge in [-0.05, 0) is 44.0 Å². The molecule has 0 saturated heterocycles. The van der Waals surface area contributed by atoms with Crippen LogP contribution in [0.4, 0.5) is 11.4 Å². The number of carbonyl (C=O) groups is 2. The topological polar surface area (TPSA) is 140 Å². The highest BCUT2D eigenvalue weighted by atomic mass is 16.6. The number of aryl methyl sites for hydroxylation is 1. The zero-order valence-electron chi connectivity index (χ0n) is 19.3. The molecule has 180 valence electrons. The van der Waals surface area contributed by atoms with Crippen molar-refractivity contribution in [1.82, 2.24) is 10.4 Å². The van der Waals surface area contributed by atoms with E-state index in [0.717, 1.165) is 11.8 Å². The average molecular weight is 483 g/mol. The molecule has 0 unspecified atom stereocenters. The summed E-state index contributed by atoms with van der Waals surface area (Å²) in [5, 5.41) is 18.9. The van der Waals surface area contributed by atoms with Gasteiger partial charge in [0.1, 0.15) is 5.76 Å². The van der Waals surface area contributed by atoms with Gasteiger partial charge in [0.15, 0.2) is 5.76 Å². The second-order valence-electron chi connectivity index (χ2n) is 8.35. The molecule has 0 atom stereocenters. The van der Waals surface area contributed by atoms with Crippen LogP contribution in [0.5, 0.6) is 0 Å². The van der Waals surface area contributed by atoms with Gasteiger partial charge in [-0.2, -0.15) is 5.10 Å². The predicted molar refractivity (Wildman–Crippen MR) is 133 cm³/mol. The number of hydrogen-bond acceptors (Lipinski definition) is 7. The summed E-state index contributed by atoms with van der Waals surface area (Å²) in [6.07, 6.45) is 3.67. The molecular formula is C26H21N5O5. The Bertz CT molecular complexity index is 1530. The highest BCUT2D eigenvalue weighted by molar-refractivity contribution is 6.11. The lowest BCUT2D eigenvalue weighted by molar-refractivity contribution is -0.384. The van der Waals surface area contributed by atoms with Crippen molar-refractivity contribution in [3.8, 4) is 0 Å².